The van der Waals surface area contributed by atoms with Gasteiger partial charge in [-0.1, -0.05) is 28.4 Å². The Kier molecular flexibility index (Phi) is 4.40. The van der Waals surface area contributed by atoms with Crippen molar-refractivity contribution >= 4 is 27.5 Å². The van der Waals surface area contributed by atoms with Crippen LogP contribution in [-0.2, 0) is 4.79 Å². The van der Waals surface area contributed by atoms with Gasteiger partial charge in [-0.15, -0.1) is 0 Å². The van der Waals surface area contributed by atoms with E-state index < -0.39 is 0 Å². The van der Waals surface area contributed by atoms with Crippen LogP contribution in [0.1, 0.15) is 31.2 Å². The van der Waals surface area contributed by atoms with E-state index in [-0.39, 0.29) is 11.9 Å². The number of benzene rings is 1. The van der Waals surface area contributed by atoms with Crippen LogP contribution in [0.15, 0.2) is 22.7 Å². The molecule has 0 spiro atoms. The SMILES string of the molecule is Cc1c(Br)cccc1NC(=O)C[C@@H]1CCC[C@H]1N. The van der Waals surface area contributed by atoms with Crippen molar-refractivity contribution in [1.82, 2.24) is 0 Å². The van der Waals surface area contributed by atoms with Crippen molar-refractivity contribution in [3.63, 3.8) is 0 Å². The summed E-state index contributed by atoms with van der Waals surface area (Å²) < 4.78 is 1.01. The van der Waals surface area contributed by atoms with Gasteiger partial charge in [0.25, 0.3) is 0 Å². The van der Waals surface area contributed by atoms with Crippen LogP contribution in [0.25, 0.3) is 0 Å². The second kappa shape index (κ2) is 5.85. The monoisotopic (exact) mass is 310 g/mol. The molecule has 98 valence electrons. The second-order valence-corrected chi connectivity index (χ2v) is 5.87. The number of anilines is 1. The molecule has 1 aromatic rings. The fourth-order valence-corrected chi connectivity index (χ4v) is 2.87. The molecule has 3 N–H and O–H groups in total. The summed E-state index contributed by atoms with van der Waals surface area (Å²) in [7, 11) is 0. The molecule has 0 saturated heterocycles. The van der Waals surface area contributed by atoms with Gasteiger partial charge >= 0.3 is 0 Å². The molecule has 1 saturated carbocycles. The summed E-state index contributed by atoms with van der Waals surface area (Å²) >= 11 is 3.46. The van der Waals surface area contributed by atoms with Crippen LogP contribution in [-0.4, -0.2) is 11.9 Å². The molecule has 1 aromatic carbocycles. The molecule has 0 unspecified atom stereocenters. The molecule has 1 aliphatic carbocycles. The molecule has 2 atom stereocenters. The minimum Gasteiger partial charge on any atom is -0.327 e. The zero-order chi connectivity index (χ0) is 13.1. The Morgan fingerprint density at radius 1 is 1.50 bits per heavy atom. The fourth-order valence-electron chi connectivity index (χ4n) is 2.50. The lowest BCUT2D eigenvalue weighted by atomic mass is 10.00. The number of nitrogens with one attached hydrogen (secondary N) is 1. The molecule has 1 aliphatic rings. The molecule has 1 amide bonds. The second-order valence-electron chi connectivity index (χ2n) is 5.02. The van der Waals surface area contributed by atoms with Crippen molar-refractivity contribution in [2.24, 2.45) is 11.7 Å². The van der Waals surface area contributed by atoms with E-state index in [1.165, 1.54) is 0 Å². The summed E-state index contributed by atoms with van der Waals surface area (Å²) in [5.41, 5.74) is 7.92. The first kappa shape index (κ1) is 13.6. The third-order valence-electron chi connectivity index (χ3n) is 3.71. The van der Waals surface area contributed by atoms with Gasteiger partial charge in [0, 0.05) is 22.6 Å². The van der Waals surface area contributed by atoms with Crippen LogP contribution in [0.3, 0.4) is 0 Å². The van der Waals surface area contributed by atoms with Gasteiger partial charge in [-0.25, -0.2) is 0 Å². The summed E-state index contributed by atoms with van der Waals surface area (Å²) in [5, 5.41) is 2.97. The van der Waals surface area contributed by atoms with Gasteiger partial charge in [-0.2, -0.15) is 0 Å². The zero-order valence-corrected chi connectivity index (χ0v) is 12.2. The van der Waals surface area contributed by atoms with Crippen molar-refractivity contribution in [2.75, 3.05) is 5.32 Å². The summed E-state index contributed by atoms with van der Waals surface area (Å²) in [6.45, 7) is 1.99. The van der Waals surface area contributed by atoms with Crippen LogP contribution < -0.4 is 11.1 Å². The third kappa shape index (κ3) is 3.12. The lowest BCUT2D eigenvalue weighted by Gasteiger charge is -2.15. The van der Waals surface area contributed by atoms with Crippen molar-refractivity contribution in [1.29, 1.82) is 0 Å². The average molecular weight is 311 g/mol. The molecular weight excluding hydrogens is 292 g/mol. The molecule has 0 radical (unpaired) electrons. The fraction of sp³-hybridized carbons (Fsp3) is 0.500. The van der Waals surface area contributed by atoms with Gasteiger partial charge in [0.2, 0.25) is 5.91 Å². The lowest BCUT2D eigenvalue weighted by Crippen LogP contribution is -2.28. The number of hydrogen-bond acceptors (Lipinski definition) is 2. The van der Waals surface area contributed by atoms with Gasteiger partial charge in [-0.3, -0.25) is 4.79 Å². The van der Waals surface area contributed by atoms with Crippen LogP contribution in [0.2, 0.25) is 0 Å². The number of nitrogens with two attached hydrogens (primary N) is 1. The maximum absolute atomic E-state index is 12.0. The van der Waals surface area contributed by atoms with Crippen molar-refractivity contribution < 1.29 is 4.79 Å². The van der Waals surface area contributed by atoms with Crippen LogP contribution in [0.4, 0.5) is 5.69 Å². The minimum absolute atomic E-state index is 0.0681. The van der Waals surface area contributed by atoms with E-state index in [9.17, 15) is 4.79 Å². The number of hydrogen-bond donors (Lipinski definition) is 2. The highest BCUT2D eigenvalue weighted by molar-refractivity contribution is 9.10. The predicted octanol–water partition coefficient (Wildman–Crippen LogP) is 3.21. The largest absolute Gasteiger partial charge is 0.327 e. The first-order valence-corrected chi connectivity index (χ1v) is 7.18. The van der Waals surface area contributed by atoms with E-state index in [1.54, 1.807) is 0 Å². The van der Waals surface area contributed by atoms with Crippen molar-refractivity contribution in [3.05, 3.63) is 28.2 Å². The molecular formula is C14H19BrN2O. The highest BCUT2D eigenvalue weighted by Gasteiger charge is 2.26. The highest BCUT2D eigenvalue weighted by atomic mass is 79.9. The van der Waals surface area contributed by atoms with Crippen molar-refractivity contribution in [3.8, 4) is 0 Å². The zero-order valence-electron chi connectivity index (χ0n) is 10.6. The molecule has 0 heterocycles. The van der Waals surface area contributed by atoms with E-state index in [0.717, 1.165) is 35.0 Å². The molecule has 2 rings (SSSR count). The number of carbonyl (C=O) groups excluding carboxylic acids is 1. The Bertz CT molecular complexity index is 447. The molecule has 0 aliphatic heterocycles. The maximum atomic E-state index is 12.0. The van der Waals surface area contributed by atoms with Gasteiger partial charge in [0.15, 0.2) is 0 Å². The molecule has 1 fully saturated rings. The molecule has 3 nitrogen and oxygen atoms in total. The first-order valence-electron chi connectivity index (χ1n) is 6.38. The first-order chi connectivity index (χ1) is 8.58. The lowest BCUT2D eigenvalue weighted by molar-refractivity contribution is -0.117. The van der Waals surface area contributed by atoms with Gasteiger partial charge in [-0.05, 0) is 43.4 Å². The summed E-state index contributed by atoms with van der Waals surface area (Å²) in [6, 6.07) is 6.01. The Hall–Kier alpha value is -0.870. The van der Waals surface area contributed by atoms with E-state index in [2.05, 4.69) is 21.2 Å². The van der Waals surface area contributed by atoms with Gasteiger partial charge in [0.05, 0.1) is 0 Å². The van der Waals surface area contributed by atoms with Gasteiger partial charge < -0.3 is 11.1 Å². The summed E-state index contributed by atoms with van der Waals surface area (Å²) in [6.07, 6.45) is 3.81. The standard InChI is InChI=1S/C14H19BrN2O/c1-9-11(15)5-3-7-13(9)17-14(18)8-10-4-2-6-12(10)16/h3,5,7,10,12H,2,4,6,8,16H2,1H3,(H,17,18)/t10-,12+/m0/s1. The van der Waals surface area contributed by atoms with E-state index in [4.69, 9.17) is 5.73 Å². The average Bonchev–Trinajstić information content (AvgIpc) is 2.71. The van der Waals surface area contributed by atoms with E-state index in [0.29, 0.717) is 12.3 Å². The highest BCUT2D eigenvalue weighted by Crippen LogP contribution is 2.28. The number of rotatable bonds is 3. The number of halogens is 1. The Morgan fingerprint density at radius 2 is 2.28 bits per heavy atom. The Morgan fingerprint density at radius 3 is 2.94 bits per heavy atom. The smallest absolute Gasteiger partial charge is 0.224 e. The van der Waals surface area contributed by atoms with Crippen LogP contribution in [0.5, 0.6) is 0 Å². The molecule has 4 heteroatoms. The maximum Gasteiger partial charge on any atom is 0.224 e. The van der Waals surface area contributed by atoms with Gasteiger partial charge in [0.1, 0.15) is 0 Å². The summed E-state index contributed by atoms with van der Waals surface area (Å²) in [5.74, 6) is 0.413. The Labute approximate surface area is 116 Å². The quantitative estimate of drug-likeness (QED) is 0.900. The van der Waals surface area contributed by atoms with Crippen LogP contribution >= 0.6 is 15.9 Å². The Balaban J connectivity index is 1.97. The topological polar surface area (TPSA) is 55.1 Å². The van der Waals surface area contributed by atoms with E-state index in [1.807, 2.05) is 25.1 Å². The molecule has 18 heavy (non-hydrogen) atoms. The minimum atomic E-state index is 0.0681. The van der Waals surface area contributed by atoms with Crippen LogP contribution in [0, 0.1) is 12.8 Å². The number of carbonyl (C=O) groups is 1. The normalized spacial score (nSPS) is 23.1. The predicted molar refractivity (Wildman–Crippen MR) is 77.4 cm³/mol. The molecule has 0 bridgehead atoms. The third-order valence-corrected chi connectivity index (χ3v) is 4.57. The van der Waals surface area contributed by atoms with E-state index >= 15 is 0 Å². The number of amides is 1. The van der Waals surface area contributed by atoms with Crippen molar-refractivity contribution in [2.45, 2.75) is 38.6 Å². The molecule has 0 aromatic heterocycles. The summed E-state index contributed by atoms with van der Waals surface area (Å²) in [4.78, 5) is 12.0.